The average molecular weight is 422 g/mol. The average Bonchev–Trinajstić information content (AvgIpc) is 3.33. The van der Waals surface area contributed by atoms with E-state index in [1.165, 1.54) is 7.11 Å². The molecule has 1 saturated carbocycles. The van der Waals surface area contributed by atoms with Gasteiger partial charge in [0.2, 0.25) is 5.91 Å². The molecule has 1 heterocycles. The molecule has 0 radical (unpaired) electrons. The number of ether oxygens (including phenoxy) is 1. The number of aryl methyl sites for hydroxylation is 2. The van der Waals surface area contributed by atoms with Gasteiger partial charge in [0.1, 0.15) is 4.88 Å². The highest BCUT2D eigenvalue weighted by Gasteiger charge is 2.53. The molecule has 3 rings (SSSR count). The van der Waals surface area contributed by atoms with E-state index in [0.29, 0.717) is 28.3 Å². The zero-order valence-electron chi connectivity index (χ0n) is 16.1. The van der Waals surface area contributed by atoms with Gasteiger partial charge in [0, 0.05) is 0 Å². The van der Waals surface area contributed by atoms with Crippen LogP contribution in [0, 0.1) is 13.8 Å². The Labute approximate surface area is 168 Å². The molecule has 0 atom stereocenters. The number of rotatable bonds is 5. The molecule has 6 nitrogen and oxygen atoms in total. The van der Waals surface area contributed by atoms with E-state index in [1.54, 1.807) is 31.2 Å². The minimum absolute atomic E-state index is 0.214. The Kier molecular flexibility index (Phi) is 5.63. The van der Waals surface area contributed by atoms with E-state index in [-0.39, 0.29) is 17.7 Å². The number of carbonyl (C=O) groups is 2. The predicted octanol–water partition coefficient (Wildman–Crippen LogP) is 3.88. The van der Waals surface area contributed by atoms with Gasteiger partial charge in [-0.1, -0.05) is 25.0 Å². The van der Waals surface area contributed by atoms with Crippen LogP contribution in [0.2, 0.25) is 0 Å². The van der Waals surface area contributed by atoms with Crippen LogP contribution in [-0.2, 0) is 19.4 Å². The second-order valence-corrected chi connectivity index (χ2v) is 10.4. The van der Waals surface area contributed by atoms with Crippen molar-refractivity contribution in [2.75, 3.05) is 12.4 Å². The molecule has 1 amide bonds. The van der Waals surface area contributed by atoms with Crippen molar-refractivity contribution < 1.29 is 22.7 Å². The van der Waals surface area contributed by atoms with Crippen molar-refractivity contribution in [2.45, 2.75) is 49.2 Å². The fourth-order valence-corrected chi connectivity index (χ4v) is 6.81. The summed E-state index contributed by atoms with van der Waals surface area (Å²) in [5.41, 5.74) is 1.47. The Hall–Kier alpha value is -2.19. The summed E-state index contributed by atoms with van der Waals surface area (Å²) in [4.78, 5) is 25.4. The maximum atomic E-state index is 13.6. The summed E-state index contributed by atoms with van der Waals surface area (Å²) in [7, 11) is -2.60. The molecule has 1 aromatic carbocycles. The van der Waals surface area contributed by atoms with Crippen LogP contribution >= 0.6 is 11.3 Å². The molecular weight excluding hydrogens is 398 g/mol. The Morgan fingerprint density at radius 3 is 2.43 bits per heavy atom. The minimum atomic E-state index is -3.89. The summed E-state index contributed by atoms with van der Waals surface area (Å²) in [6.07, 6.45) is 1.91. The number of thiophene rings is 1. The van der Waals surface area contributed by atoms with E-state index in [9.17, 15) is 18.0 Å². The van der Waals surface area contributed by atoms with Crippen LogP contribution < -0.4 is 5.32 Å². The topological polar surface area (TPSA) is 89.5 Å². The van der Waals surface area contributed by atoms with Crippen molar-refractivity contribution in [3.8, 4) is 0 Å². The van der Waals surface area contributed by atoms with Gasteiger partial charge in [-0.05, 0) is 56.0 Å². The van der Waals surface area contributed by atoms with Crippen LogP contribution in [0.25, 0.3) is 0 Å². The summed E-state index contributed by atoms with van der Waals surface area (Å²) in [5, 5.41) is 3.15. The maximum Gasteiger partial charge on any atom is 0.348 e. The third-order valence-electron chi connectivity index (χ3n) is 5.20. The molecule has 0 unspecified atom stereocenters. The third-order valence-corrected chi connectivity index (χ3v) is 8.82. The second kappa shape index (κ2) is 7.67. The lowest BCUT2D eigenvalue weighted by Crippen LogP contribution is -2.47. The fourth-order valence-electron chi connectivity index (χ4n) is 3.61. The molecule has 28 heavy (non-hydrogen) atoms. The van der Waals surface area contributed by atoms with Crippen molar-refractivity contribution in [1.29, 1.82) is 0 Å². The molecule has 0 saturated heterocycles. The highest BCUT2D eigenvalue weighted by atomic mass is 32.2. The molecule has 8 heteroatoms. The number of methoxy groups -OCH3 is 1. The number of carbonyl (C=O) groups excluding carboxylic acids is 2. The van der Waals surface area contributed by atoms with Crippen molar-refractivity contribution in [3.63, 3.8) is 0 Å². The lowest BCUT2D eigenvalue weighted by Gasteiger charge is -2.28. The normalized spacial score (nSPS) is 16.0. The second-order valence-electron chi connectivity index (χ2n) is 7.08. The molecule has 2 aromatic rings. The molecule has 1 aliphatic carbocycles. The number of hydrogen-bond acceptors (Lipinski definition) is 6. The summed E-state index contributed by atoms with van der Waals surface area (Å²) in [6.45, 7) is 3.58. The Morgan fingerprint density at radius 2 is 1.79 bits per heavy atom. The van der Waals surface area contributed by atoms with Gasteiger partial charge in [0.05, 0.1) is 17.0 Å². The zero-order chi connectivity index (χ0) is 20.5. The van der Waals surface area contributed by atoms with Gasteiger partial charge < -0.3 is 10.1 Å². The molecule has 0 aliphatic heterocycles. The quantitative estimate of drug-likeness (QED) is 0.740. The number of sulfone groups is 1. The van der Waals surface area contributed by atoms with Crippen LogP contribution in [0.1, 0.15) is 46.5 Å². The van der Waals surface area contributed by atoms with Crippen molar-refractivity contribution in [2.24, 2.45) is 0 Å². The van der Waals surface area contributed by atoms with E-state index < -0.39 is 26.5 Å². The Balaban J connectivity index is 1.97. The lowest BCUT2D eigenvalue weighted by atomic mass is 10.1. The van der Waals surface area contributed by atoms with Gasteiger partial charge in [-0.2, -0.15) is 0 Å². The van der Waals surface area contributed by atoms with Gasteiger partial charge >= 0.3 is 5.97 Å². The van der Waals surface area contributed by atoms with E-state index in [1.807, 2.05) is 13.0 Å². The van der Waals surface area contributed by atoms with Crippen LogP contribution in [-0.4, -0.2) is 32.2 Å². The van der Waals surface area contributed by atoms with Crippen LogP contribution in [0.3, 0.4) is 0 Å². The third kappa shape index (κ3) is 3.46. The van der Waals surface area contributed by atoms with E-state index in [2.05, 4.69) is 10.1 Å². The Bertz CT molecular complexity index is 1020. The molecule has 1 fully saturated rings. The molecule has 1 N–H and O–H groups in total. The first-order valence-corrected chi connectivity index (χ1v) is 11.3. The summed E-state index contributed by atoms with van der Waals surface area (Å²) in [5.74, 6) is -1.03. The Morgan fingerprint density at radius 1 is 1.11 bits per heavy atom. The van der Waals surface area contributed by atoms with Gasteiger partial charge in [-0.25, -0.2) is 13.2 Å². The van der Waals surface area contributed by atoms with Crippen LogP contribution in [0.4, 0.5) is 5.00 Å². The largest absolute Gasteiger partial charge is 0.465 e. The molecule has 1 aromatic heterocycles. The number of benzene rings is 1. The highest BCUT2D eigenvalue weighted by molar-refractivity contribution is 7.93. The number of hydrogen-bond donors (Lipinski definition) is 1. The highest BCUT2D eigenvalue weighted by Crippen LogP contribution is 2.42. The van der Waals surface area contributed by atoms with Crippen LogP contribution in [0.15, 0.2) is 35.2 Å². The predicted molar refractivity (Wildman–Crippen MR) is 109 cm³/mol. The number of anilines is 1. The molecule has 1 aliphatic rings. The monoisotopic (exact) mass is 421 g/mol. The smallest absolute Gasteiger partial charge is 0.348 e. The van der Waals surface area contributed by atoms with Gasteiger partial charge in [-0.15, -0.1) is 11.3 Å². The maximum absolute atomic E-state index is 13.6. The van der Waals surface area contributed by atoms with E-state index in [0.717, 1.165) is 16.9 Å². The fraction of sp³-hybridized carbons (Fsp3) is 0.400. The summed E-state index contributed by atoms with van der Waals surface area (Å²) >= 11 is 1.06. The zero-order valence-corrected chi connectivity index (χ0v) is 17.7. The van der Waals surface area contributed by atoms with Crippen molar-refractivity contribution >= 4 is 38.1 Å². The first kappa shape index (κ1) is 20.5. The van der Waals surface area contributed by atoms with E-state index >= 15 is 0 Å². The number of esters is 1. The van der Waals surface area contributed by atoms with Crippen molar-refractivity contribution in [3.05, 3.63) is 46.3 Å². The molecule has 150 valence electrons. The minimum Gasteiger partial charge on any atom is -0.465 e. The van der Waals surface area contributed by atoms with Gasteiger partial charge in [0.15, 0.2) is 14.6 Å². The van der Waals surface area contributed by atoms with Gasteiger partial charge in [-0.3, -0.25) is 4.79 Å². The SMILES string of the molecule is COC(=O)c1ccc(NC(=O)C2(S(=O)(=O)c3cc(C)ccc3C)CCCC2)s1. The number of amides is 1. The van der Waals surface area contributed by atoms with Crippen LogP contribution in [0.5, 0.6) is 0 Å². The molecule has 0 bridgehead atoms. The first-order chi connectivity index (χ1) is 13.2. The van der Waals surface area contributed by atoms with Gasteiger partial charge in [0.25, 0.3) is 0 Å². The standard InChI is InChI=1S/C20H23NO5S2/c1-13-6-7-14(2)16(12-13)28(24,25)20(10-4-5-11-20)19(23)21-17-9-8-15(27-17)18(22)26-3/h6-9,12H,4-5,10-11H2,1-3H3,(H,21,23). The molecule has 0 spiro atoms. The first-order valence-electron chi connectivity index (χ1n) is 9.03. The van der Waals surface area contributed by atoms with E-state index in [4.69, 9.17) is 0 Å². The summed E-state index contributed by atoms with van der Waals surface area (Å²) in [6, 6.07) is 8.40. The lowest BCUT2D eigenvalue weighted by molar-refractivity contribution is -0.118. The summed E-state index contributed by atoms with van der Waals surface area (Å²) < 4.78 is 30.4. The van der Waals surface area contributed by atoms with Crippen molar-refractivity contribution in [1.82, 2.24) is 0 Å². The molecular formula is C20H23NO5S2. The number of nitrogens with one attached hydrogen (secondary N) is 1.